The van der Waals surface area contributed by atoms with Gasteiger partial charge in [-0.05, 0) is 0 Å². The topological polar surface area (TPSA) is 107 Å². The fraction of sp³-hybridized carbons (Fsp3) is 0. The van der Waals surface area contributed by atoms with Crippen LogP contribution in [0.4, 0.5) is 0 Å². The van der Waals surface area contributed by atoms with Crippen molar-refractivity contribution in [3.05, 3.63) is 0 Å². The summed E-state index contributed by atoms with van der Waals surface area (Å²) in [6.07, 6.45) is 0. The van der Waals surface area contributed by atoms with E-state index in [0.717, 1.165) is 0 Å². The van der Waals surface area contributed by atoms with Crippen LogP contribution >= 0.6 is 17.0 Å². The SMILES string of the molecule is Br.N=C(N)N.O. The predicted molar refractivity (Wildman–Crippen MR) is 30.0 cm³/mol. The summed E-state index contributed by atoms with van der Waals surface area (Å²) in [4.78, 5) is 0. The van der Waals surface area contributed by atoms with Gasteiger partial charge in [0, 0.05) is 0 Å². The molecule has 0 aromatic carbocycles. The van der Waals surface area contributed by atoms with Gasteiger partial charge >= 0.3 is 0 Å². The fourth-order valence-electron chi connectivity index (χ4n) is 0. The molecule has 0 radical (unpaired) electrons. The van der Waals surface area contributed by atoms with Crippen molar-refractivity contribution in [1.29, 1.82) is 5.41 Å². The van der Waals surface area contributed by atoms with E-state index in [-0.39, 0.29) is 28.4 Å². The first-order valence-electron chi connectivity index (χ1n) is 0.827. The van der Waals surface area contributed by atoms with Gasteiger partial charge in [-0.25, -0.2) is 0 Å². The molecule has 0 aromatic rings. The van der Waals surface area contributed by atoms with Gasteiger partial charge in [0.1, 0.15) is 0 Å². The van der Waals surface area contributed by atoms with Crippen molar-refractivity contribution in [2.75, 3.05) is 0 Å². The Morgan fingerprint density at radius 1 is 1.33 bits per heavy atom. The molecule has 0 amide bonds. The van der Waals surface area contributed by atoms with Crippen LogP contribution in [0.2, 0.25) is 0 Å². The minimum Gasteiger partial charge on any atom is -0.412 e. The summed E-state index contributed by atoms with van der Waals surface area (Å²) in [7, 11) is 0. The molecule has 0 atom stereocenters. The summed E-state index contributed by atoms with van der Waals surface area (Å²) in [6.45, 7) is 0. The zero-order valence-electron chi connectivity index (χ0n) is 3.06. The summed E-state index contributed by atoms with van der Waals surface area (Å²) in [6, 6.07) is 0. The largest absolute Gasteiger partial charge is 0.412 e. The van der Waals surface area contributed by atoms with Crippen LogP contribution < -0.4 is 11.5 Å². The van der Waals surface area contributed by atoms with Crippen molar-refractivity contribution in [2.45, 2.75) is 0 Å². The molecule has 0 bridgehead atoms. The van der Waals surface area contributed by atoms with Gasteiger partial charge in [-0.2, -0.15) is 0 Å². The molecule has 7 N–H and O–H groups in total. The monoisotopic (exact) mass is 157 g/mol. The van der Waals surface area contributed by atoms with Crippen molar-refractivity contribution in [2.24, 2.45) is 11.5 Å². The molecule has 6 heavy (non-hydrogen) atoms. The van der Waals surface area contributed by atoms with Crippen LogP contribution in [-0.2, 0) is 0 Å². The molecular formula is CH8BrN3O. The van der Waals surface area contributed by atoms with Gasteiger partial charge < -0.3 is 16.9 Å². The molecule has 0 spiro atoms. The van der Waals surface area contributed by atoms with Crippen LogP contribution in [-0.4, -0.2) is 11.4 Å². The van der Waals surface area contributed by atoms with Crippen LogP contribution in [0, 0.1) is 5.41 Å². The highest BCUT2D eigenvalue weighted by Gasteiger charge is 1.52. The molecular weight excluding hydrogens is 150 g/mol. The third-order valence-corrected chi connectivity index (χ3v) is 0. The minimum absolute atomic E-state index is 0. The Morgan fingerprint density at radius 2 is 1.33 bits per heavy atom. The Morgan fingerprint density at radius 3 is 1.33 bits per heavy atom. The second-order valence-electron chi connectivity index (χ2n) is 0.455. The molecule has 0 aliphatic heterocycles. The lowest BCUT2D eigenvalue weighted by Crippen LogP contribution is -2.20. The number of rotatable bonds is 0. The number of nitrogens with one attached hydrogen (secondary N) is 1. The Bertz CT molecular complexity index is 33.8. The van der Waals surface area contributed by atoms with Gasteiger partial charge in [-0.15, -0.1) is 17.0 Å². The molecule has 0 saturated heterocycles. The highest BCUT2D eigenvalue weighted by Crippen LogP contribution is 1.13. The van der Waals surface area contributed by atoms with E-state index in [9.17, 15) is 0 Å². The average molecular weight is 158 g/mol. The molecule has 0 rings (SSSR count). The standard InChI is InChI=1S/CH5N3.BrH.H2O/c2-1(3)4;;/h(H5,2,3,4);1H;1H2. The number of hydrogen-bond acceptors (Lipinski definition) is 1. The zero-order valence-corrected chi connectivity index (χ0v) is 4.78. The third kappa shape index (κ3) is 324. The first kappa shape index (κ1) is 17.2. The summed E-state index contributed by atoms with van der Waals surface area (Å²) in [5, 5.41) is 6.06. The van der Waals surface area contributed by atoms with Gasteiger partial charge in [-0.1, -0.05) is 0 Å². The maximum absolute atomic E-state index is 6.06. The smallest absolute Gasteiger partial charge is 0.183 e. The lowest BCUT2D eigenvalue weighted by Gasteiger charge is -1.69. The number of hydrogen-bond donors (Lipinski definition) is 3. The lowest BCUT2D eigenvalue weighted by atomic mass is 11.1. The fourth-order valence-corrected chi connectivity index (χ4v) is 0. The first-order valence-corrected chi connectivity index (χ1v) is 0.827. The van der Waals surface area contributed by atoms with Crippen molar-refractivity contribution >= 4 is 22.9 Å². The van der Waals surface area contributed by atoms with Crippen LogP contribution in [0.5, 0.6) is 0 Å². The maximum atomic E-state index is 6.06. The summed E-state index contributed by atoms with van der Waals surface area (Å²) in [5.41, 5.74) is 8.94. The van der Waals surface area contributed by atoms with Crippen molar-refractivity contribution < 1.29 is 5.48 Å². The van der Waals surface area contributed by atoms with Crippen LogP contribution in [0.25, 0.3) is 0 Å². The normalized spacial score (nSPS) is 4.00. The maximum Gasteiger partial charge on any atom is 0.183 e. The van der Waals surface area contributed by atoms with E-state index in [1.165, 1.54) is 0 Å². The second-order valence-corrected chi connectivity index (χ2v) is 0.455. The highest BCUT2D eigenvalue weighted by atomic mass is 79.9. The van der Waals surface area contributed by atoms with E-state index in [1.807, 2.05) is 0 Å². The summed E-state index contributed by atoms with van der Waals surface area (Å²) in [5.74, 6) is -0.333. The summed E-state index contributed by atoms with van der Waals surface area (Å²) < 4.78 is 0. The molecule has 4 nitrogen and oxygen atoms in total. The van der Waals surface area contributed by atoms with Crippen molar-refractivity contribution in [3.8, 4) is 0 Å². The minimum atomic E-state index is -0.333. The molecule has 0 aromatic heterocycles. The Kier molecular flexibility index (Phi) is 25.4. The van der Waals surface area contributed by atoms with Crippen LogP contribution in [0.1, 0.15) is 0 Å². The van der Waals surface area contributed by atoms with Gasteiger partial charge in [0.2, 0.25) is 0 Å². The van der Waals surface area contributed by atoms with Crippen LogP contribution in [0.3, 0.4) is 0 Å². The highest BCUT2D eigenvalue weighted by molar-refractivity contribution is 8.93. The molecule has 0 aliphatic carbocycles. The van der Waals surface area contributed by atoms with E-state index in [1.54, 1.807) is 0 Å². The van der Waals surface area contributed by atoms with Gasteiger partial charge in [-0.3, -0.25) is 5.41 Å². The zero-order chi connectivity index (χ0) is 3.58. The molecule has 0 saturated carbocycles. The molecule has 40 valence electrons. The van der Waals surface area contributed by atoms with E-state index < -0.39 is 0 Å². The number of nitrogens with two attached hydrogens (primary N) is 2. The quantitative estimate of drug-likeness (QED) is 0.297. The Hall–Kier alpha value is -0.290. The molecule has 0 heterocycles. The second kappa shape index (κ2) is 8.83. The molecule has 5 heteroatoms. The summed E-state index contributed by atoms with van der Waals surface area (Å²) >= 11 is 0. The van der Waals surface area contributed by atoms with E-state index in [2.05, 4.69) is 11.5 Å². The number of guanidine groups is 1. The van der Waals surface area contributed by atoms with Crippen molar-refractivity contribution in [3.63, 3.8) is 0 Å². The van der Waals surface area contributed by atoms with E-state index >= 15 is 0 Å². The predicted octanol–water partition coefficient (Wildman–Crippen LogP) is -1.41. The van der Waals surface area contributed by atoms with E-state index in [4.69, 9.17) is 5.41 Å². The first-order chi connectivity index (χ1) is 1.73. The Labute approximate surface area is 46.1 Å². The van der Waals surface area contributed by atoms with Gasteiger partial charge in [0.15, 0.2) is 5.96 Å². The van der Waals surface area contributed by atoms with E-state index in [0.29, 0.717) is 0 Å². The van der Waals surface area contributed by atoms with Gasteiger partial charge in [0.05, 0.1) is 0 Å². The van der Waals surface area contributed by atoms with Gasteiger partial charge in [0.25, 0.3) is 0 Å². The molecule has 0 unspecified atom stereocenters. The Balaban J connectivity index is -0.0000000450. The van der Waals surface area contributed by atoms with Crippen molar-refractivity contribution in [1.82, 2.24) is 0 Å². The lowest BCUT2D eigenvalue weighted by molar-refractivity contribution is 0.824. The molecule has 0 aliphatic rings. The number of halogens is 1. The van der Waals surface area contributed by atoms with Crippen LogP contribution in [0.15, 0.2) is 0 Å². The average Bonchev–Trinajstić information content (AvgIpc) is 0.811. The third-order valence-electron chi connectivity index (χ3n) is 0. The molecule has 0 fully saturated rings.